The zero-order valence-electron chi connectivity index (χ0n) is 12.7. The van der Waals surface area contributed by atoms with Gasteiger partial charge in [-0.25, -0.2) is 0 Å². The molecule has 3 heteroatoms. The van der Waals surface area contributed by atoms with Crippen LogP contribution in [0.15, 0.2) is 0 Å². The number of carbonyl (C=O) groups excluding carboxylic acids is 1. The van der Waals surface area contributed by atoms with Crippen molar-refractivity contribution in [2.75, 3.05) is 0 Å². The molecular formula is C16H30N2O. The summed E-state index contributed by atoms with van der Waals surface area (Å²) >= 11 is 0. The lowest BCUT2D eigenvalue weighted by Gasteiger charge is -2.35. The second kappa shape index (κ2) is 6.25. The summed E-state index contributed by atoms with van der Waals surface area (Å²) in [5.74, 6) is 2.52. The van der Waals surface area contributed by atoms with Gasteiger partial charge in [0.15, 0.2) is 0 Å². The molecular weight excluding hydrogens is 236 g/mol. The quantitative estimate of drug-likeness (QED) is 0.807. The first-order chi connectivity index (χ1) is 8.95. The fourth-order valence-electron chi connectivity index (χ4n) is 3.87. The Morgan fingerprint density at radius 1 is 1.00 bits per heavy atom. The van der Waals surface area contributed by atoms with Crippen molar-refractivity contribution in [2.24, 2.45) is 29.4 Å². The van der Waals surface area contributed by atoms with Crippen molar-refractivity contribution in [1.29, 1.82) is 0 Å². The van der Waals surface area contributed by atoms with Crippen LogP contribution in [-0.2, 0) is 4.79 Å². The average molecular weight is 266 g/mol. The van der Waals surface area contributed by atoms with E-state index in [0.717, 1.165) is 43.9 Å². The highest BCUT2D eigenvalue weighted by Gasteiger charge is 2.32. The van der Waals surface area contributed by atoms with Crippen molar-refractivity contribution in [3.8, 4) is 0 Å². The number of amides is 1. The minimum atomic E-state index is 0.147. The number of carbonyl (C=O) groups is 1. The maximum absolute atomic E-state index is 12.4. The van der Waals surface area contributed by atoms with Gasteiger partial charge < -0.3 is 11.1 Å². The number of hydrogen-bond donors (Lipinski definition) is 2. The average Bonchev–Trinajstić information content (AvgIpc) is 2.32. The molecule has 0 saturated heterocycles. The molecule has 2 aliphatic rings. The van der Waals surface area contributed by atoms with E-state index in [0.29, 0.717) is 12.0 Å². The first kappa shape index (κ1) is 14.8. The highest BCUT2D eigenvalue weighted by molar-refractivity contribution is 5.79. The van der Waals surface area contributed by atoms with E-state index >= 15 is 0 Å². The van der Waals surface area contributed by atoms with Gasteiger partial charge in [-0.3, -0.25) is 4.79 Å². The molecule has 2 rings (SSSR count). The Bertz CT molecular complexity index is 308. The Hall–Kier alpha value is -0.570. The molecule has 110 valence electrons. The molecule has 0 aromatic carbocycles. The van der Waals surface area contributed by atoms with Crippen molar-refractivity contribution < 1.29 is 4.79 Å². The molecule has 0 aromatic rings. The van der Waals surface area contributed by atoms with Gasteiger partial charge in [0.05, 0.1) is 0 Å². The smallest absolute Gasteiger partial charge is 0.223 e. The van der Waals surface area contributed by atoms with E-state index in [1.165, 1.54) is 6.42 Å². The van der Waals surface area contributed by atoms with Crippen LogP contribution in [0.3, 0.4) is 0 Å². The molecule has 6 atom stereocenters. The zero-order valence-corrected chi connectivity index (χ0v) is 12.7. The van der Waals surface area contributed by atoms with Gasteiger partial charge in [-0.1, -0.05) is 20.8 Å². The molecule has 3 nitrogen and oxygen atoms in total. The molecule has 2 saturated carbocycles. The number of nitrogens with two attached hydrogens (primary N) is 1. The van der Waals surface area contributed by atoms with Crippen molar-refractivity contribution in [1.82, 2.24) is 5.32 Å². The molecule has 0 spiro atoms. The molecule has 0 aromatic heterocycles. The van der Waals surface area contributed by atoms with Crippen LogP contribution >= 0.6 is 0 Å². The van der Waals surface area contributed by atoms with Gasteiger partial charge in [-0.2, -0.15) is 0 Å². The molecule has 0 heterocycles. The molecule has 2 aliphatic carbocycles. The summed E-state index contributed by atoms with van der Waals surface area (Å²) in [7, 11) is 0. The van der Waals surface area contributed by atoms with E-state index < -0.39 is 0 Å². The van der Waals surface area contributed by atoms with E-state index in [9.17, 15) is 4.79 Å². The van der Waals surface area contributed by atoms with Crippen LogP contribution in [0, 0.1) is 23.7 Å². The third kappa shape index (κ3) is 3.95. The molecule has 0 aliphatic heterocycles. The molecule has 0 bridgehead atoms. The minimum absolute atomic E-state index is 0.147. The second-order valence-electron chi connectivity index (χ2n) is 7.24. The van der Waals surface area contributed by atoms with Crippen molar-refractivity contribution >= 4 is 5.91 Å². The fourth-order valence-corrected chi connectivity index (χ4v) is 3.87. The number of hydrogen-bond acceptors (Lipinski definition) is 2. The summed E-state index contributed by atoms with van der Waals surface area (Å²) in [6.45, 7) is 6.84. The normalized spacial score (nSPS) is 43.8. The molecule has 6 unspecified atom stereocenters. The fraction of sp³-hybridized carbons (Fsp3) is 0.938. The number of nitrogens with one attached hydrogen (secondary N) is 1. The summed E-state index contributed by atoms with van der Waals surface area (Å²) in [4.78, 5) is 12.4. The lowest BCUT2D eigenvalue weighted by atomic mass is 9.77. The lowest BCUT2D eigenvalue weighted by molar-refractivity contribution is -0.127. The van der Waals surface area contributed by atoms with E-state index in [2.05, 4.69) is 26.1 Å². The van der Waals surface area contributed by atoms with Gasteiger partial charge in [0.1, 0.15) is 0 Å². The Kier molecular flexibility index (Phi) is 4.88. The maximum atomic E-state index is 12.4. The van der Waals surface area contributed by atoms with Crippen LogP contribution in [0.5, 0.6) is 0 Å². The Balaban J connectivity index is 1.83. The first-order valence-electron chi connectivity index (χ1n) is 8.01. The molecule has 0 radical (unpaired) electrons. The third-order valence-electron chi connectivity index (χ3n) is 5.29. The molecule has 3 N–H and O–H groups in total. The Morgan fingerprint density at radius 3 is 2.37 bits per heavy atom. The SMILES string of the molecule is CC1CC(N)CC(C(=O)NC2CCC(C)C(C)C2)C1. The maximum Gasteiger partial charge on any atom is 0.223 e. The Morgan fingerprint density at radius 2 is 1.74 bits per heavy atom. The zero-order chi connectivity index (χ0) is 14.0. The summed E-state index contributed by atoms with van der Waals surface area (Å²) in [5, 5.41) is 3.29. The summed E-state index contributed by atoms with van der Waals surface area (Å²) in [5.41, 5.74) is 6.05. The second-order valence-corrected chi connectivity index (χ2v) is 7.24. The van der Waals surface area contributed by atoms with Crippen LogP contribution in [-0.4, -0.2) is 18.0 Å². The van der Waals surface area contributed by atoms with Crippen molar-refractivity contribution in [3.05, 3.63) is 0 Å². The van der Waals surface area contributed by atoms with E-state index in [-0.39, 0.29) is 17.9 Å². The van der Waals surface area contributed by atoms with Gasteiger partial charge in [0, 0.05) is 18.0 Å². The summed E-state index contributed by atoms with van der Waals surface area (Å²) in [6.07, 6.45) is 6.48. The van der Waals surface area contributed by atoms with Gasteiger partial charge in [-0.15, -0.1) is 0 Å². The highest BCUT2D eigenvalue weighted by atomic mass is 16.1. The highest BCUT2D eigenvalue weighted by Crippen LogP contribution is 2.31. The van der Waals surface area contributed by atoms with E-state index in [4.69, 9.17) is 5.73 Å². The van der Waals surface area contributed by atoms with Gasteiger partial charge in [-0.05, 0) is 56.3 Å². The van der Waals surface area contributed by atoms with E-state index in [1.807, 2.05) is 0 Å². The van der Waals surface area contributed by atoms with Crippen molar-refractivity contribution in [3.63, 3.8) is 0 Å². The van der Waals surface area contributed by atoms with Crippen LogP contribution in [0.2, 0.25) is 0 Å². The molecule has 1 amide bonds. The van der Waals surface area contributed by atoms with Crippen LogP contribution in [0.4, 0.5) is 0 Å². The van der Waals surface area contributed by atoms with Crippen LogP contribution in [0.25, 0.3) is 0 Å². The largest absolute Gasteiger partial charge is 0.353 e. The number of rotatable bonds is 2. The van der Waals surface area contributed by atoms with E-state index in [1.54, 1.807) is 0 Å². The Labute approximate surface area is 117 Å². The first-order valence-corrected chi connectivity index (χ1v) is 8.01. The molecule has 19 heavy (non-hydrogen) atoms. The summed E-state index contributed by atoms with van der Waals surface area (Å²) in [6, 6.07) is 0.608. The van der Waals surface area contributed by atoms with Gasteiger partial charge in [0.25, 0.3) is 0 Å². The minimum Gasteiger partial charge on any atom is -0.353 e. The van der Waals surface area contributed by atoms with Crippen LogP contribution in [0.1, 0.15) is 59.3 Å². The summed E-state index contributed by atoms with van der Waals surface area (Å²) < 4.78 is 0. The predicted octanol–water partition coefficient (Wildman–Crippen LogP) is 2.69. The van der Waals surface area contributed by atoms with Gasteiger partial charge in [0.2, 0.25) is 5.91 Å². The molecule has 2 fully saturated rings. The topological polar surface area (TPSA) is 55.1 Å². The third-order valence-corrected chi connectivity index (χ3v) is 5.29. The lowest BCUT2D eigenvalue weighted by Crippen LogP contribution is -2.45. The van der Waals surface area contributed by atoms with Crippen LogP contribution < -0.4 is 11.1 Å². The predicted molar refractivity (Wildman–Crippen MR) is 78.6 cm³/mol. The monoisotopic (exact) mass is 266 g/mol. The standard InChI is InChI=1S/C16H30N2O/c1-10-6-13(9-14(17)7-10)16(19)18-15-5-4-11(2)12(3)8-15/h10-15H,4-9,17H2,1-3H3,(H,18,19). The van der Waals surface area contributed by atoms with Gasteiger partial charge >= 0.3 is 0 Å². The van der Waals surface area contributed by atoms with Crippen molar-refractivity contribution in [2.45, 2.75) is 71.4 Å².